The van der Waals surface area contributed by atoms with Gasteiger partial charge in [0.2, 0.25) is 5.91 Å². The van der Waals surface area contributed by atoms with Crippen molar-refractivity contribution in [2.45, 2.75) is 49.0 Å². The van der Waals surface area contributed by atoms with Gasteiger partial charge in [-0.25, -0.2) is 18.2 Å². The predicted molar refractivity (Wildman–Crippen MR) is 188 cm³/mol. The van der Waals surface area contributed by atoms with Gasteiger partial charge in [0.05, 0.1) is 28.5 Å². The summed E-state index contributed by atoms with van der Waals surface area (Å²) in [4.78, 5) is 36.2. The molecule has 3 aromatic carbocycles. The normalized spacial score (nSPS) is 17.4. The molecule has 250 valence electrons. The molecular formula is C38H37N5O5S. The quantitative estimate of drug-likeness (QED) is 0.175. The Morgan fingerprint density at radius 2 is 1.61 bits per heavy atom. The molecular weight excluding hydrogens is 639 g/mol. The first-order valence-corrected chi connectivity index (χ1v) is 18.3. The number of fused-ring (bicyclic) bond motifs is 4. The van der Waals surface area contributed by atoms with Gasteiger partial charge in [-0.2, -0.15) is 0 Å². The average Bonchev–Trinajstić information content (AvgIpc) is 3.70. The summed E-state index contributed by atoms with van der Waals surface area (Å²) < 4.78 is 36.8. The number of H-pyrrole nitrogens is 1. The van der Waals surface area contributed by atoms with Crippen LogP contribution in [0.4, 0.5) is 16.2 Å². The predicted octanol–water partition coefficient (Wildman–Crippen LogP) is 6.91. The van der Waals surface area contributed by atoms with Gasteiger partial charge in [0.1, 0.15) is 12.3 Å². The van der Waals surface area contributed by atoms with Crippen LogP contribution in [0.2, 0.25) is 0 Å². The average molecular weight is 676 g/mol. The maximum atomic E-state index is 14.7. The molecule has 1 aliphatic heterocycles. The van der Waals surface area contributed by atoms with E-state index in [0.29, 0.717) is 54.1 Å². The zero-order valence-corrected chi connectivity index (χ0v) is 27.7. The molecule has 1 saturated heterocycles. The Morgan fingerprint density at radius 3 is 2.33 bits per heavy atom. The number of hydrogen-bond acceptors (Lipinski definition) is 6. The standard InChI is InChI=1S/C38H37N5O5S/c44-35(21-25-16-17-25)41-34-22-40-37-32(18-19-39-37)36(34)43(49(46,47)27-10-2-1-3-11-27)26-9-8-20-42(23-26)38(45)48-24-33-30-14-6-4-12-28(30)29-13-5-7-15-31(29)33/h1-7,10-15,18-19,22,25-26,33H,8-9,16-17,20-21,23-24H2,(H,39,40)(H,41,44). The second kappa shape index (κ2) is 12.7. The number of ether oxygens (including phenoxy) is 1. The number of sulfonamides is 1. The van der Waals surface area contributed by atoms with E-state index in [1.54, 1.807) is 47.5 Å². The molecule has 1 atom stereocenters. The van der Waals surface area contributed by atoms with E-state index >= 15 is 0 Å². The Bertz CT molecular complexity index is 2100. The van der Waals surface area contributed by atoms with Crippen molar-refractivity contribution in [1.29, 1.82) is 0 Å². The van der Waals surface area contributed by atoms with Crippen molar-refractivity contribution in [1.82, 2.24) is 14.9 Å². The summed E-state index contributed by atoms with van der Waals surface area (Å²) in [6.07, 6.45) is 6.20. The van der Waals surface area contributed by atoms with Crippen LogP contribution in [0.3, 0.4) is 0 Å². The van der Waals surface area contributed by atoms with E-state index in [-0.39, 0.29) is 29.9 Å². The zero-order chi connectivity index (χ0) is 33.5. The van der Waals surface area contributed by atoms with Crippen LogP contribution in [0.5, 0.6) is 0 Å². The lowest BCUT2D eigenvalue weighted by atomic mass is 9.98. The van der Waals surface area contributed by atoms with Gasteiger partial charge < -0.3 is 19.9 Å². The van der Waals surface area contributed by atoms with Gasteiger partial charge in [0, 0.05) is 37.0 Å². The number of anilines is 2. The lowest BCUT2D eigenvalue weighted by Gasteiger charge is -2.40. The van der Waals surface area contributed by atoms with Crippen LogP contribution in [0, 0.1) is 5.92 Å². The van der Waals surface area contributed by atoms with E-state index in [1.165, 1.54) is 10.5 Å². The van der Waals surface area contributed by atoms with E-state index in [9.17, 15) is 18.0 Å². The first-order valence-electron chi connectivity index (χ1n) is 16.8. The molecule has 2 aromatic heterocycles. The maximum Gasteiger partial charge on any atom is 0.409 e. The second-order valence-electron chi connectivity index (χ2n) is 13.1. The summed E-state index contributed by atoms with van der Waals surface area (Å²) in [6.45, 7) is 0.727. The molecule has 0 radical (unpaired) electrons. The third kappa shape index (κ3) is 5.92. The highest BCUT2D eigenvalue weighted by Gasteiger charge is 2.39. The van der Waals surface area contributed by atoms with E-state index in [1.807, 2.05) is 24.3 Å². The highest BCUT2D eigenvalue weighted by Crippen LogP contribution is 2.45. The fraction of sp³-hybridized carbons (Fsp3) is 0.289. The molecule has 0 spiro atoms. The third-order valence-corrected chi connectivity index (χ3v) is 11.7. The Kier molecular flexibility index (Phi) is 8.07. The summed E-state index contributed by atoms with van der Waals surface area (Å²) in [5.74, 6) is 0.0782. The van der Waals surface area contributed by atoms with Crippen molar-refractivity contribution in [3.05, 3.63) is 108 Å². The topological polar surface area (TPSA) is 125 Å². The minimum absolute atomic E-state index is 0.0904. The molecule has 1 unspecified atom stereocenters. The maximum absolute atomic E-state index is 14.7. The van der Waals surface area contributed by atoms with Gasteiger partial charge in [-0.05, 0) is 72.1 Å². The van der Waals surface area contributed by atoms with Crippen molar-refractivity contribution < 1.29 is 22.7 Å². The van der Waals surface area contributed by atoms with Crippen LogP contribution >= 0.6 is 0 Å². The van der Waals surface area contributed by atoms with Crippen molar-refractivity contribution in [3.8, 4) is 11.1 Å². The molecule has 10 nitrogen and oxygen atoms in total. The van der Waals surface area contributed by atoms with Gasteiger partial charge in [-0.3, -0.25) is 9.10 Å². The molecule has 8 rings (SSSR count). The number of piperidine rings is 1. The molecule has 11 heteroatoms. The molecule has 2 amide bonds. The Balaban J connectivity index is 1.11. The van der Waals surface area contributed by atoms with E-state index in [2.05, 4.69) is 39.6 Å². The van der Waals surface area contributed by atoms with Gasteiger partial charge in [-0.15, -0.1) is 0 Å². The molecule has 3 aliphatic rings. The number of nitrogens with one attached hydrogen (secondary N) is 2. The van der Waals surface area contributed by atoms with Crippen molar-refractivity contribution in [2.75, 3.05) is 29.3 Å². The summed E-state index contributed by atoms with van der Waals surface area (Å²) >= 11 is 0. The van der Waals surface area contributed by atoms with Crippen LogP contribution in [0.15, 0.2) is 102 Å². The lowest BCUT2D eigenvalue weighted by Crippen LogP contribution is -2.52. The summed E-state index contributed by atoms with van der Waals surface area (Å²) in [5.41, 5.74) is 5.68. The minimum atomic E-state index is -4.17. The molecule has 1 saturated carbocycles. The zero-order valence-electron chi connectivity index (χ0n) is 26.9. The van der Waals surface area contributed by atoms with Gasteiger partial charge in [-0.1, -0.05) is 66.7 Å². The molecule has 0 bridgehead atoms. The number of aromatic nitrogens is 2. The SMILES string of the molecule is O=C(CC1CC1)Nc1cnc2[nH]ccc2c1N(C1CCCN(C(=O)OCC2c3ccccc3-c3ccccc32)C1)S(=O)(=O)c1ccccc1. The molecule has 3 heterocycles. The smallest absolute Gasteiger partial charge is 0.409 e. The number of carbonyl (C=O) groups is 2. The van der Waals surface area contributed by atoms with Gasteiger partial charge in [0.15, 0.2) is 0 Å². The molecule has 5 aromatic rings. The van der Waals surface area contributed by atoms with Gasteiger partial charge in [0.25, 0.3) is 10.0 Å². The number of nitrogens with zero attached hydrogens (tertiary/aromatic N) is 3. The number of benzene rings is 3. The monoisotopic (exact) mass is 675 g/mol. The lowest BCUT2D eigenvalue weighted by molar-refractivity contribution is -0.116. The molecule has 2 fully saturated rings. The number of likely N-dealkylation sites (tertiary alicyclic amines) is 1. The summed E-state index contributed by atoms with van der Waals surface area (Å²) in [5, 5.41) is 3.54. The summed E-state index contributed by atoms with van der Waals surface area (Å²) in [6, 6.07) is 25.8. The molecule has 2 N–H and O–H groups in total. The molecule has 49 heavy (non-hydrogen) atoms. The first kappa shape index (κ1) is 31.1. The number of aromatic amines is 1. The Morgan fingerprint density at radius 1 is 0.918 bits per heavy atom. The van der Waals surface area contributed by atoms with E-state index in [0.717, 1.165) is 35.1 Å². The van der Waals surface area contributed by atoms with E-state index in [4.69, 9.17) is 4.74 Å². The second-order valence-corrected chi connectivity index (χ2v) is 14.9. The Hall–Kier alpha value is -5.16. The van der Waals surface area contributed by atoms with Crippen LogP contribution in [0.1, 0.15) is 49.1 Å². The van der Waals surface area contributed by atoms with Crippen molar-refractivity contribution in [2.24, 2.45) is 5.92 Å². The Labute approximate surface area is 285 Å². The van der Waals surface area contributed by atoms with Crippen LogP contribution in [0.25, 0.3) is 22.2 Å². The minimum Gasteiger partial charge on any atom is -0.448 e. The first-order chi connectivity index (χ1) is 23.9. The van der Waals surface area contributed by atoms with Crippen LogP contribution in [-0.2, 0) is 19.6 Å². The molecule has 2 aliphatic carbocycles. The number of rotatable bonds is 9. The number of pyridine rings is 1. The highest BCUT2D eigenvalue weighted by molar-refractivity contribution is 7.93. The van der Waals surface area contributed by atoms with Crippen LogP contribution < -0.4 is 9.62 Å². The fourth-order valence-corrected chi connectivity index (χ4v) is 9.04. The highest BCUT2D eigenvalue weighted by atomic mass is 32.2. The summed E-state index contributed by atoms with van der Waals surface area (Å²) in [7, 11) is -4.17. The number of carbonyl (C=O) groups excluding carboxylic acids is 2. The van der Waals surface area contributed by atoms with E-state index < -0.39 is 22.2 Å². The fourth-order valence-electron chi connectivity index (χ4n) is 7.31. The number of amides is 2. The largest absolute Gasteiger partial charge is 0.448 e. The van der Waals surface area contributed by atoms with Crippen molar-refractivity contribution in [3.63, 3.8) is 0 Å². The third-order valence-electron chi connectivity index (χ3n) is 9.85. The number of hydrogen-bond donors (Lipinski definition) is 2. The van der Waals surface area contributed by atoms with Crippen molar-refractivity contribution >= 4 is 44.4 Å². The van der Waals surface area contributed by atoms with Gasteiger partial charge >= 0.3 is 6.09 Å². The van der Waals surface area contributed by atoms with Crippen LogP contribution in [-0.4, -0.2) is 61.0 Å².